The van der Waals surface area contributed by atoms with E-state index >= 15 is 0 Å². The number of aromatic nitrogens is 4. The zero-order chi connectivity index (χ0) is 27.7. The van der Waals surface area contributed by atoms with Crippen molar-refractivity contribution in [1.29, 1.82) is 0 Å². The Labute approximate surface area is 232 Å². The molecule has 1 amide bonds. The number of morpholine rings is 1. The molecule has 5 aromatic rings. The predicted molar refractivity (Wildman–Crippen MR) is 152 cm³/mol. The van der Waals surface area contributed by atoms with Gasteiger partial charge in [0.2, 0.25) is 0 Å². The van der Waals surface area contributed by atoms with E-state index in [1.165, 1.54) is 35.0 Å². The summed E-state index contributed by atoms with van der Waals surface area (Å²) in [4.78, 5) is 23.2. The predicted octanol–water partition coefficient (Wildman–Crippen LogP) is 3.39. The van der Waals surface area contributed by atoms with Crippen LogP contribution in [0.1, 0.15) is 5.56 Å². The molecule has 1 aliphatic heterocycles. The molecule has 1 aliphatic rings. The van der Waals surface area contributed by atoms with Crippen LogP contribution in [0.15, 0.2) is 65.7 Å². The van der Waals surface area contributed by atoms with Gasteiger partial charge in [0, 0.05) is 30.1 Å². The van der Waals surface area contributed by atoms with E-state index in [2.05, 4.69) is 19.8 Å². The van der Waals surface area contributed by atoms with Crippen molar-refractivity contribution >= 4 is 65.3 Å². The van der Waals surface area contributed by atoms with Crippen molar-refractivity contribution in [3.05, 3.63) is 66.4 Å². The first kappa shape index (κ1) is 25.9. The van der Waals surface area contributed by atoms with E-state index in [0.29, 0.717) is 54.0 Å². The first-order valence-electron chi connectivity index (χ1n) is 12.2. The molecule has 0 saturated carbocycles. The summed E-state index contributed by atoms with van der Waals surface area (Å²) in [6.45, 7) is 2.42. The third-order valence-electron chi connectivity index (χ3n) is 6.33. The minimum atomic E-state index is -3.97. The van der Waals surface area contributed by atoms with E-state index < -0.39 is 15.9 Å². The van der Waals surface area contributed by atoms with Crippen LogP contribution in [0.5, 0.6) is 0 Å². The number of nitrogens with one attached hydrogen (secondary N) is 3. The van der Waals surface area contributed by atoms with Crippen LogP contribution >= 0.6 is 11.3 Å². The van der Waals surface area contributed by atoms with E-state index in [4.69, 9.17) is 19.9 Å². The Morgan fingerprint density at radius 1 is 1.12 bits per heavy atom. The summed E-state index contributed by atoms with van der Waals surface area (Å²) in [6, 6.07) is 13.6. The summed E-state index contributed by atoms with van der Waals surface area (Å²) in [5.74, 6) is 0.505. The van der Waals surface area contributed by atoms with E-state index in [1.807, 2.05) is 18.2 Å². The first-order valence-corrected chi connectivity index (χ1v) is 14.5. The van der Waals surface area contributed by atoms with E-state index in [1.54, 1.807) is 24.4 Å². The Balaban J connectivity index is 1.39. The summed E-state index contributed by atoms with van der Waals surface area (Å²) in [5, 5.41) is 17.1. The molecule has 0 bridgehead atoms. The second-order valence-electron chi connectivity index (χ2n) is 8.92. The number of benzene rings is 2. The molecule has 2 aromatic carbocycles. The fourth-order valence-electron chi connectivity index (χ4n) is 4.42. The number of nitrogens with zero attached hydrogens (tertiary/aromatic N) is 4. The SMILES string of the molecule is O=C(C=Cc1cccc(S(=O)(=O)Nc2cc3nc(-c4cccc5[nH]ncc45)nc(N4CCOCC4)c3s2)c1)NO. The Morgan fingerprint density at radius 2 is 1.95 bits per heavy atom. The van der Waals surface area contributed by atoms with E-state index in [9.17, 15) is 13.2 Å². The molecule has 3 aromatic heterocycles. The van der Waals surface area contributed by atoms with Gasteiger partial charge in [-0.25, -0.2) is 23.9 Å². The van der Waals surface area contributed by atoms with Crippen molar-refractivity contribution < 1.29 is 23.2 Å². The van der Waals surface area contributed by atoms with Crippen LogP contribution in [-0.4, -0.2) is 66.0 Å². The van der Waals surface area contributed by atoms with Gasteiger partial charge in [-0.3, -0.25) is 19.8 Å². The molecule has 6 rings (SSSR count). The van der Waals surface area contributed by atoms with Crippen LogP contribution in [0.3, 0.4) is 0 Å². The standard InChI is InChI=1S/C26H23N7O5S2/c34-22(31-35)8-7-16-3-1-4-17(13-16)40(36,37)32-23-14-21-24(39-23)26(33-9-11-38-12-10-33)29-25(28-21)18-5-2-6-20-19(18)15-27-30-20/h1-8,13-15,32,35H,9-12H2,(H,27,30)(H,31,34). The summed E-state index contributed by atoms with van der Waals surface area (Å²) >= 11 is 1.26. The average Bonchev–Trinajstić information content (AvgIpc) is 3.62. The maximum atomic E-state index is 13.3. The Kier molecular flexibility index (Phi) is 6.89. The van der Waals surface area contributed by atoms with Gasteiger partial charge in [0.1, 0.15) is 5.00 Å². The van der Waals surface area contributed by atoms with E-state index in [-0.39, 0.29) is 4.90 Å². The Morgan fingerprint density at radius 3 is 2.77 bits per heavy atom. The normalized spacial score (nSPS) is 14.3. The summed E-state index contributed by atoms with van der Waals surface area (Å²) in [7, 11) is -3.97. The van der Waals surface area contributed by atoms with Crippen LogP contribution in [0, 0.1) is 0 Å². The number of hydrogen-bond donors (Lipinski definition) is 4. The van der Waals surface area contributed by atoms with Crippen LogP contribution in [0.4, 0.5) is 10.8 Å². The minimum Gasteiger partial charge on any atom is -0.378 e. The summed E-state index contributed by atoms with van der Waals surface area (Å²) in [6.07, 6.45) is 4.23. The Bertz CT molecular complexity index is 1860. The molecular formula is C26H23N7O5S2. The molecule has 4 N–H and O–H groups in total. The van der Waals surface area contributed by atoms with Gasteiger partial charge in [0.15, 0.2) is 11.6 Å². The van der Waals surface area contributed by atoms with Crippen molar-refractivity contribution in [1.82, 2.24) is 25.6 Å². The number of fused-ring (bicyclic) bond motifs is 2. The number of thiophene rings is 1. The quantitative estimate of drug-likeness (QED) is 0.129. The molecule has 0 unspecified atom stereocenters. The molecule has 0 atom stereocenters. The van der Waals surface area contributed by atoms with Gasteiger partial charge in [-0.2, -0.15) is 5.10 Å². The van der Waals surface area contributed by atoms with Gasteiger partial charge >= 0.3 is 0 Å². The van der Waals surface area contributed by atoms with Crippen LogP contribution in [0.2, 0.25) is 0 Å². The van der Waals surface area contributed by atoms with Crippen LogP contribution in [-0.2, 0) is 19.6 Å². The highest BCUT2D eigenvalue weighted by atomic mass is 32.2. The van der Waals surface area contributed by atoms with Crippen molar-refractivity contribution in [2.45, 2.75) is 4.90 Å². The minimum absolute atomic E-state index is 0.0170. The highest BCUT2D eigenvalue weighted by Crippen LogP contribution is 2.38. The molecule has 1 saturated heterocycles. The molecular weight excluding hydrogens is 554 g/mol. The summed E-state index contributed by atoms with van der Waals surface area (Å²) in [5.41, 5.74) is 4.26. The van der Waals surface area contributed by atoms with Crippen molar-refractivity contribution in [3.63, 3.8) is 0 Å². The molecule has 204 valence electrons. The second kappa shape index (κ2) is 10.7. The number of aromatic amines is 1. The zero-order valence-corrected chi connectivity index (χ0v) is 22.5. The zero-order valence-electron chi connectivity index (χ0n) is 20.9. The third-order valence-corrected chi connectivity index (χ3v) is 8.86. The molecule has 0 radical (unpaired) electrons. The number of hydrogen-bond acceptors (Lipinski definition) is 10. The maximum absolute atomic E-state index is 13.3. The van der Waals surface area contributed by atoms with Crippen LogP contribution < -0.4 is 15.1 Å². The lowest BCUT2D eigenvalue weighted by molar-refractivity contribution is -0.124. The smallest absolute Gasteiger partial charge is 0.267 e. The molecule has 4 heterocycles. The fourth-order valence-corrected chi connectivity index (χ4v) is 6.78. The van der Waals surface area contributed by atoms with Gasteiger partial charge in [-0.15, -0.1) is 11.3 Å². The van der Waals surface area contributed by atoms with Crippen molar-refractivity contribution in [2.24, 2.45) is 0 Å². The number of H-pyrrole nitrogens is 1. The average molecular weight is 578 g/mol. The number of anilines is 2. The third kappa shape index (κ3) is 5.12. The van der Waals surface area contributed by atoms with Gasteiger partial charge in [0.05, 0.1) is 40.0 Å². The number of carbonyl (C=O) groups excluding carboxylic acids is 1. The molecule has 14 heteroatoms. The summed E-state index contributed by atoms with van der Waals surface area (Å²) < 4.78 is 35.6. The molecule has 1 fully saturated rings. The van der Waals surface area contributed by atoms with Crippen LogP contribution in [0.25, 0.3) is 38.6 Å². The number of sulfonamides is 1. The molecule has 0 spiro atoms. The van der Waals surface area contributed by atoms with Gasteiger partial charge in [-0.05, 0) is 35.9 Å². The largest absolute Gasteiger partial charge is 0.378 e. The van der Waals surface area contributed by atoms with Gasteiger partial charge < -0.3 is 9.64 Å². The molecule has 40 heavy (non-hydrogen) atoms. The number of ether oxygens (including phenoxy) is 1. The van der Waals surface area contributed by atoms with Gasteiger partial charge in [-0.1, -0.05) is 24.3 Å². The lowest BCUT2D eigenvalue weighted by atomic mass is 10.1. The van der Waals surface area contributed by atoms with Crippen molar-refractivity contribution in [3.8, 4) is 11.4 Å². The lowest BCUT2D eigenvalue weighted by Crippen LogP contribution is -2.36. The highest BCUT2D eigenvalue weighted by molar-refractivity contribution is 7.93. The number of rotatable bonds is 7. The number of amides is 1. The van der Waals surface area contributed by atoms with Gasteiger partial charge in [0.25, 0.3) is 15.9 Å². The highest BCUT2D eigenvalue weighted by Gasteiger charge is 2.23. The number of carbonyl (C=O) groups is 1. The first-order chi connectivity index (χ1) is 19.4. The Hall–Kier alpha value is -4.37. The molecule has 0 aliphatic carbocycles. The molecule has 12 nitrogen and oxygen atoms in total. The van der Waals surface area contributed by atoms with Crippen molar-refractivity contribution in [2.75, 3.05) is 35.9 Å². The monoisotopic (exact) mass is 577 g/mol. The topological polar surface area (TPSA) is 162 Å². The fraction of sp³-hybridized carbons (Fsp3) is 0.154. The lowest BCUT2D eigenvalue weighted by Gasteiger charge is -2.28. The maximum Gasteiger partial charge on any atom is 0.267 e. The number of hydroxylamine groups is 1. The van der Waals surface area contributed by atoms with E-state index in [0.717, 1.165) is 27.2 Å². The second-order valence-corrected chi connectivity index (χ2v) is 11.7.